The number of nitrogens with one attached hydrogen (secondary N) is 1. The van der Waals surface area contributed by atoms with Gasteiger partial charge in [0.2, 0.25) is 5.91 Å². The largest absolute Gasteiger partial charge is 0.378 e. The third-order valence-electron chi connectivity index (χ3n) is 5.78. The summed E-state index contributed by atoms with van der Waals surface area (Å²) in [5.41, 5.74) is 2.83. The highest BCUT2D eigenvalue weighted by Crippen LogP contribution is 2.24. The number of rotatable bonds is 6. The topological polar surface area (TPSA) is 96.9 Å². The molecule has 2 aromatic rings. The fourth-order valence-electron chi connectivity index (χ4n) is 3.91. The van der Waals surface area contributed by atoms with E-state index in [0.717, 1.165) is 23.5 Å². The molecule has 170 valence electrons. The predicted octanol–water partition coefficient (Wildman–Crippen LogP) is 1.13. The number of carbonyl (C=O) groups is 2. The quantitative estimate of drug-likeness (QED) is 0.721. The first kappa shape index (κ1) is 22.3. The van der Waals surface area contributed by atoms with Crippen molar-refractivity contribution in [1.29, 1.82) is 0 Å². The Kier molecular flexibility index (Phi) is 7.41. The van der Waals surface area contributed by atoms with E-state index in [1.54, 1.807) is 19.3 Å². The van der Waals surface area contributed by atoms with E-state index in [2.05, 4.69) is 15.2 Å². The van der Waals surface area contributed by atoms with E-state index in [0.29, 0.717) is 58.1 Å². The van der Waals surface area contributed by atoms with Crippen molar-refractivity contribution in [3.05, 3.63) is 47.9 Å². The third-order valence-corrected chi connectivity index (χ3v) is 5.78. The smallest absolute Gasteiger partial charge is 0.269 e. The van der Waals surface area contributed by atoms with Crippen LogP contribution in [0.2, 0.25) is 0 Å². The molecule has 4 heterocycles. The maximum atomic E-state index is 12.4. The molecule has 1 atom stereocenters. The minimum Gasteiger partial charge on any atom is -0.378 e. The van der Waals surface area contributed by atoms with Gasteiger partial charge in [-0.15, -0.1) is 0 Å². The van der Waals surface area contributed by atoms with Crippen LogP contribution >= 0.6 is 0 Å². The molecular formula is C23H29N5O4. The number of carbonyl (C=O) groups excluding carboxylic acids is 2. The maximum Gasteiger partial charge on any atom is 0.269 e. The van der Waals surface area contributed by atoms with Gasteiger partial charge in [0, 0.05) is 58.0 Å². The fourth-order valence-corrected chi connectivity index (χ4v) is 3.91. The number of aromatic nitrogens is 2. The second kappa shape index (κ2) is 10.6. The van der Waals surface area contributed by atoms with E-state index in [1.165, 1.54) is 0 Å². The summed E-state index contributed by atoms with van der Waals surface area (Å²) in [5, 5.41) is 2.56. The van der Waals surface area contributed by atoms with E-state index in [-0.39, 0.29) is 17.9 Å². The normalized spacial score (nSPS) is 19.5. The molecule has 4 rings (SSSR count). The number of pyridine rings is 2. The molecule has 32 heavy (non-hydrogen) atoms. The zero-order valence-electron chi connectivity index (χ0n) is 18.3. The minimum absolute atomic E-state index is 0.153. The van der Waals surface area contributed by atoms with Crippen LogP contribution in [0.15, 0.2) is 36.5 Å². The fraction of sp³-hybridized carbons (Fsp3) is 0.478. The van der Waals surface area contributed by atoms with Crippen molar-refractivity contribution in [2.45, 2.75) is 12.5 Å². The molecule has 9 nitrogen and oxygen atoms in total. The number of morpholine rings is 2. The number of hydrogen-bond acceptors (Lipinski definition) is 7. The summed E-state index contributed by atoms with van der Waals surface area (Å²) in [6.07, 6.45) is 2.01. The van der Waals surface area contributed by atoms with Gasteiger partial charge in [-0.1, -0.05) is 6.07 Å². The molecule has 0 aromatic carbocycles. The van der Waals surface area contributed by atoms with Crippen LogP contribution in [0.1, 0.15) is 28.7 Å². The van der Waals surface area contributed by atoms with E-state index in [1.807, 2.05) is 29.2 Å². The second-order valence-corrected chi connectivity index (χ2v) is 7.86. The molecule has 0 bridgehead atoms. The number of amides is 2. The van der Waals surface area contributed by atoms with Crippen LogP contribution in [0.25, 0.3) is 11.3 Å². The van der Waals surface area contributed by atoms with Crippen molar-refractivity contribution >= 4 is 11.8 Å². The van der Waals surface area contributed by atoms with Crippen molar-refractivity contribution < 1.29 is 19.1 Å². The first-order valence-corrected chi connectivity index (χ1v) is 11.0. The first-order chi connectivity index (χ1) is 15.6. The molecule has 2 fully saturated rings. The van der Waals surface area contributed by atoms with Gasteiger partial charge in [0.25, 0.3) is 5.91 Å². The lowest BCUT2D eigenvalue weighted by molar-refractivity contribution is -0.136. The Hall–Kier alpha value is -2.88. The Morgan fingerprint density at radius 2 is 1.97 bits per heavy atom. The summed E-state index contributed by atoms with van der Waals surface area (Å²) >= 11 is 0. The van der Waals surface area contributed by atoms with Gasteiger partial charge in [0.1, 0.15) is 11.8 Å². The van der Waals surface area contributed by atoms with Crippen molar-refractivity contribution in [1.82, 2.24) is 25.1 Å². The molecule has 2 aromatic heterocycles. The standard InChI is InChI=1S/C23H29N5O4/c1-24-23(30)20-6-5-17(15-25-20)18-3-2-4-19(26-18)21-16-27(9-14-32-21)8-7-22(29)28-10-12-31-13-11-28/h2-6,15,21H,7-14,16H2,1H3,(H,24,30)/t21-/m1/s1. The van der Waals surface area contributed by atoms with E-state index < -0.39 is 0 Å². The average molecular weight is 440 g/mol. The predicted molar refractivity (Wildman–Crippen MR) is 118 cm³/mol. The van der Waals surface area contributed by atoms with Crippen molar-refractivity contribution in [2.24, 2.45) is 0 Å². The van der Waals surface area contributed by atoms with Crippen LogP contribution in [-0.4, -0.2) is 91.2 Å². The Morgan fingerprint density at radius 1 is 1.12 bits per heavy atom. The molecule has 2 aliphatic rings. The van der Waals surface area contributed by atoms with Gasteiger partial charge in [-0.2, -0.15) is 0 Å². The van der Waals surface area contributed by atoms with E-state index in [9.17, 15) is 9.59 Å². The SMILES string of the molecule is CNC(=O)c1ccc(-c2cccc([C@H]3CN(CCC(=O)N4CCOCC4)CCO3)n2)cn1. The molecule has 0 radical (unpaired) electrons. The highest BCUT2D eigenvalue weighted by molar-refractivity contribution is 5.92. The zero-order chi connectivity index (χ0) is 22.3. The van der Waals surface area contributed by atoms with Gasteiger partial charge in [0.15, 0.2) is 0 Å². The van der Waals surface area contributed by atoms with Crippen LogP contribution in [0.3, 0.4) is 0 Å². The lowest BCUT2D eigenvalue weighted by Gasteiger charge is -2.33. The third kappa shape index (κ3) is 5.48. The average Bonchev–Trinajstić information content (AvgIpc) is 2.87. The maximum absolute atomic E-state index is 12.4. The molecule has 0 spiro atoms. The molecule has 2 saturated heterocycles. The molecule has 2 amide bonds. The Balaban J connectivity index is 1.37. The molecular weight excluding hydrogens is 410 g/mol. The molecule has 0 aliphatic carbocycles. The van der Waals surface area contributed by atoms with Gasteiger partial charge in [0.05, 0.1) is 31.2 Å². The lowest BCUT2D eigenvalue weighted by atomic mass is 10.1. The van der Waals surface area contributed by atoms with Gasteiger partial charge < -0.3 is 19.7 Å². The highest BCUT2D eigenvalue weighted by atomic mass is 16.5. The molecule has 9 heteroatoms. The second-order valence-electron chi connectivity index (χ2n) is 7.86. The number of ether oxygens (including phenoxy) is 2. The highest BCUT2D eigenvalue weighted by Gasteiger charge is 2.25. The van der Waals surface area contributed by atoms with Gasteiger partial charge in [-0.3, -0.25) is 19.5 Å². The Labute approximate surface area is 187 Å². The summed E-state index contributed by atoms with van der Waals surface area (Å²) in [6.45, 7) is 5.42. The Bertz CT molecular complexity index is 930. The Morgan fingerprint density at radius 3 is 2.72 bits per heavy atom. The van der Waals surface area contributed by atoms with E-state index in [4.69, 9.17) is 14.5 Å². The summed E-state index contributed by atoms with van der Waals surface area (Å²) < 4.78 is 11.3. The van der Waals surface area contributed by atoms with Crippen LogP contribution in [0.5, 0.6) is 0 Å². The zero-order valence-corrected chi connectivity index (χ0v) is 18.3. The summed E-state index contributed by atoms with van der Waals surface area (Å²) in [5.74, 6) is -0.0368. The first-order valence-electron chi connectivity index (χ1n) is 11.0. The van der Waals surface area contributed by atoms with Gasteiger partial charge in [-0.25, -0.2) is 4.98 Å². The van der Waals surface area contributed by atoms with Crippen LogP contribution in [0, 0.1) is 0 Å². The monoisotopic (exact) mass is 439 g/mol. The van der Waals surface area contributed by atoms with Crippen molar-refractivity contribution in [3.63, 3.8) is 0 Å². The number of nitrogens with zero attached hydrogens (tertiary/aromatic N) is 4. The molecule has 0 unspecified atom stereocenters. The minimum atomic E-state index is -0.221. The lowest BCUT2D eigenvalue weighted by Crippen LogP contribution is -2.44. The summed E-state index contributed by atoms with van der Waals surface area (Å²) in [4.78, 5) is 37.3. The van der Waals surface area contributed by atoms with Crippen molar-refractivity contribution in [2.75, 3.05) is 59.6 Å². The summed E-state index contributed by atoms with van der Waals surface area (Å²) in [6, 6.07) is 9.36. The van der Waals surface area contributed by atoms with Crippen LogP contribution < -0.4 is 5.32 Å². The molecule has 2 aliphatic heterocycles. The summed E-state index contributed by atoms with van der Waals surface area (Å²) in [7, 11) is 1.58. The van der Waals surface area contributed by atoms with Crippen LogP contribution in [0.4, 0.5) is 0 Å². The number of hydrogen-bond donors (Lipinski definition) is 1. The van der Waals surface area contributed by atoms with Crippen molar-refractivity contribution in [3.8, 4) is 11.3 Å². The molecule has 0 saturated carbocycles. The van der Waals surface area contributed by atoms with Gasteiger partial charge >= 0.3 is 0 Å². The van der Waals surface area contributed by atoms with Crippen LogP contribution in [-0.2, 0) is 14.3 Å². The van der Waals surface area contributed by atoms with E-state index >= 15 is 0 Å². The van der Waals surface area contributed by atoms with Gasteiger partial charge in [-0.05, 0) is 24.3 Å². The molecule has 1 N–H and O–H groups in total.